The van der Waals surface area contributed by atoms with E-state index >= 15 is 0 Å². The van der Waals surface area contributed by atoms with Crippen molar-refractivity contribution in [2.45, 2.75) is 45.8 Å². The number of nitrogens with zero attached hydrogens (tertiary/aromatic N) is 2. The van der Waals surface area contributed by atoms with E-state index in [1.54, 1.807) is 11.3 Å². The summed E-state index contributed by atoms with van der Waals surface area (Å²) < 4.78 is 5.78. The standard InChI is InChI=1S/C13H22N2O2S/c1-3-10-8-15(6-5-7-17-10)13-14-11(4-2)12(9-16)18-13/h10,16H,3-9H2,1-2H3. The van der Waals surface area contributed by atoms with Crippen LogP contribution in [-0.2, 0) is 17.8 Å². The number of aryl methyl sites for hydroxylation is 1. The molecule has 0 aromatic carbocycles. The summed E-state index contributed by atoms with van der Waals surface area (Å²) in [6.45, 7) is 7.09. The van der Waals surface area contributed by atoms with E-state index in [2.05, 4.69) is 23.7 Å². The summed E-state index contributed by atoms with van der Waals surface area (Å²) in [7, 11) is 0. The lowest BCUT2D eigenvalue weighted by molar-refractivity contribution is 0.0664. The van der Waals surface area contributed by atoms with Crippen molar-refractivity contribution in [1.29, 1.82) is 0 Å². The van der Waals surface area contributed by atoms with E-state index in [0.717, 1.165) is 54.7 Å². The Balaban J connectivity index is 2.15. The number of ether oxygens (including phenoxy) is 1. The maximum absolute atomic E-state index is 9.34. The summed E-state index contributed by atoms with van der Waals surface area (Å²) in [6, 6.07) is 0. The normalized spacial score (nSPS) is 21.1. The Labute approximate surface area is 113 Å². The van der Waals surface area contributed by atoms with E-state index in [0.29, 0.717) is 6.10 Å². The van der Waals surface area contributed by atoms with Gasteiger partial charge in [-0.1, -0.05) is 25.2 Å². The molecule has 4 nitrogen and oxygen atoms in total. The van der Waals surface area contributed by atoms with Crippen LogP contribution in [0.15, 0.2) is 0 Å². The zero-order valence-corrected chi connectivity index (χ0v) is 12.0. The van der Waals surface area contributed by atoms with Gasteiger partial charge in [-0.2, -0.15) is 0 Å². The summed E-state index contributed by atoms with van der Waals surface area (Å²) >= 11 is 1.62. The minimum Gasteiger partial charge on any atom is -0.391 e. The number of rotatable bonds is 4. The van der Waals surface area contributed by atoms with Crippen molar-refractivity contribution in [1.82, 2.24) is 4.98 Å². The molecule has 1 aliphatic rings. The Kier molecular flexibility index (Phi) is 4.97. The quantitative estimate of drug-likeness (QED) is 0.911. The highest BCUT2D eigenvalue weighted by molar-refractivity contribution is 7.15. The minimum atomic E-state index is 0.0996. The zero-order valence-electron chi connectivity index (χ0n) is 11.2. The predicted molar refractivity (Wildman–Crippen MR) is 74.3 cm³/mol. The van der Waals surface area contributed by atoms with Crippen molar-refractivity contribution < 1.29 is 9.84 Å². The molecule has 0 saturated carbocycles. The van der Waals surface area contributed by atoms with E-state index < -0.39 is 0 Å². The SMILES string of the molecule is CCc1nc(N2CCCOC(CC)C2)sc1CO. The van der Waals surface area contributed by atoms with E-state index in [1.807, 2.05) is 0 Å². The van der Waals surface area contributed by atoms with Gasteiger partial charge in [-0.05, 0) is 19.3 Å². The fourth-order valence-corrected chi connectivity index (χ4v) is 3.26. The molecular weight excluding hydrogens is 248 g/mol. The van der Waals surface area contributed by atoms with Gasteiger partial charge >= 0.3 is 0 Å². The minimum absolute atomic E-state index is 0.0996. The van der Waals surface area contributed by atoms with Crippen LogP contribution in [0.4, 0.5) is 5.13 Å². The van der Waals surface area contributed by atoms with Gasteiger partial charge in [-0.15, -0.1) is 0 Å². The van der Waals surface area contributed by atoms with Gasteiger partial charge in [-0.3, -0.25) is 0 Å². The van der Waals surface area contributed by atoms with Crippen LogP contribution in [0.5, 0.6) is 0 Å². The second kappa shape index (κ2) is 6.50. The summed E-state index contributed by atoms with van der Waals surface area (Å²) in [4.78, 5) is 7.98. The van der Waals surface area contributed by atoms with Crippen LogP contribution in [0.2, 0.25) is 0 Å². The van der Waals surface area contributed by atoms with Gasteiger partial charge in [0.2, 0.25) is 0 Å². The molecule has 0 spiro atoms. The third kappa shape index (κ3) is 3.02. The first-order valence-corrected chi connectivity index (χ1v) is 7.56. The molecule has 0 bridgehead atoms. The lowest BCUT2D eigenvalue weighted by Crippen LogP contribution is -2.31. The first-order chi connectivity index (χ1) is 8.78. The number of anilines is 1. The van der Waals surface area contributed by atoms with Crippen LogP contribution in [0.1, 0.15) is 37.3 Å². The molecule has 2 rings (SSSR count). The molecule has 1 unspecified atom stereocenters. The van der Waals surface area contributed by atoms with Crippen molar-refractivity contribution in [3.05, 3.63) is 10.6 Å². The Morgan fingerprint density at radius 3 is 2.94 bits per heavy atom. The van der Waals surface area contributed by atoms with Crippen LogP contribution in [-0.4, -0.2) is 35.9 Å². The van der Waals surface area contributed by atoms with Gasteiger partial charge in [0.15, 0.2) is 5.13 Å². The van der Waals surface area contributed by atoms with Crippen LogP contribution in [0.3, 0.4) is 0 Å². The maximum atomic E-state index is 9.34. The van der Waals surface area contributed by atoms with Crippen molar-refractivity contribution >= 4 is 16.5 Å². The molecule has 2 heterocycles. The molecule has 1 aromatic rings. The molecule has 1 N–H and O–H groups in total. The second-order valence-corrected chi connectivity index (χ2v) is 5.64. The molecule has 0 amide bonds. The highest BCUT2D eigenvalue weighted by Gasteiger charge is 2.21. The Bertz CT molecular complexity index is 360. The molecule has 1 saturated heterocycles. The molecule has 5 heteroatoms. The molecule has 0 aliphatic carbocycles. The number of aliphatic hydroxyl groups excluding tert-OH is 1. The Morgan fingerprint density at radius 1 is 1.50 bits per heavy atom. The van der Waals surface area contributed by atoms with E-state index in [-0.39, 0.29) is 6.61 Å². The summed E-state index contributed by atoms with van der Waals surface area (Å²) in [5.41, 5.74) is 1.04. The van der Waals surface area contributed by atoms with Gasteiger partial charge in [0.05, 0.1) is 23.3 Å². The lowest BCUT2D eigenvalue weighted by Gasteiger charge is -2.22. The first-order valence-electron chi connectivity index (χ1n) is 6.74. The molecule has 102 valence electrons. The summed E-state index contributed by atoms with van der Waals surface area (Å²) in [5, 5.41) is 10.4. The average molecular weight is 270 g/mol. The average Bonchev–Trinajstić information content (AvgIpc) is 2.68. The highest BCUT2D eigenvalue weighted by Crippen LogP contribution is 2.28. The molecular formula is C13H22N2O2S. The fourth-order valence-electron chi connectivity index (χ4n) is 2.22. The highest BCUT2D eigenvalue weighted by atomic mass is 32.1. The van der Waals surface area contributed by atoms with Crippen molar-refractivity contribution in [3.8, 4) is 0 Å². The predicted octanol–water partition coefficient (Wildman–Crippen LogP) is 2.20. The van der Waals surface area contributed by atoms with Crippen molar-refractivity contribution in [2.75, 3.05) is 24.6 Å². The smallest absolute Gasteiger partial charge is 0.185 e. The third-order valence-corrected chi connectivity index (χ3v) is 4.46. The monoisotopic (exact) mass is 270 g/mol. The third-order valence-electron chi connectivity index (χ3n) is 3.32. The molecule has 1 aliphatic heterocycles. The second-order valence-electron chi connectivity index (χ2n) is 4.58. The number of hydrogen-bond acceptors (Lipinski definition) is 5. The first kappa shape index (κ1) is 13.8. The van der Waals surface area contributed by atoms with Crippen molar-refractivity contribution in [2.24, 2.45) is 0 Å². The number of aromatic nitrogens is 1. The van der Waals surface area contributed by atoms with Gasteiger partial charge in [0.1, 0.15) is 0 Å². The Hall–Kier alpha value is -0.650. The van der Waals surface area contributed by atoms with E-state index in [9.17, 15) is 5.11 Å². The topological polar surface area (TPSA) is 45.6 Å². The summed E-state index contributed by atoms with van der Waals surface area (Å²) in [5.74, 6) is 0. The van der Waals surface area contributed by atoms with E-state index in [1.165, 1.54) is 0 Å². The van der Waals surface area contributed by atoms with E-state index in [4.69, 9.17) is 4.74 Å². The van der Waals surface area contributed by atoms with Crippen LogP contribution in [0.25, 0.3) is 0 Å². The van der Waals surface area contributed by atoms with Crippen molar-refractivity contribution in [3.63, 3.8) is 0 Å². The Morgan fingerprint density at radius 2 is 2.33 bits per heavy atom. The molecule has 1 atom stereocenters. The lowest BCUT2D eigenvalue weighted by atomic mass is 10.2. The van der Waals surface area contributed by atoms with Gasteiger partial charge in [0.25, 0.3) is 0 Å². The molecule has 0 radical (unpaired) electrons. The molecule has 1 fully saturated rings. The number of aliphatic hydroxyl groups is 1. The maximum Gasteiger partial charge on any atom is 0.185 e. The summed E-state index contributed by atoms with van der Waals surface area (Å²) in [6.07, 6.45) is 3.27. The van der Waals surface area contributed by atoms with Gasteiger partial charge in [0, 0.05) is 19.7 Å². The van der Waals surface area contributed by atoms with Crippen LogP contribution in [0, 0.1) is 0 Å². The van der Waals surface area contributed by atoms with Gasteiger partial charge < -0.3 is 14.7 Å². The molecule has 1 aromatic heterocycles. The van der Waals surface area contributed by atoms with Gasteiger partial charge in [-0.25, -0.2) is 4.98 Å². The largest absolute Gasteiger partial charge is 0.391 e. The fraction of sp³-hybridized carbons (Fsp3) is 0.769. The number of thiazole rings is 1. The van der Waals surface area contributed by atoms with Crippen LogP contribution >= 0.6 is 11.3 Å². The zero-order chi connectivity index (χ0) is 13.0. The molecule has 18 heavy (non-hydrogen) atoms. The number of hydrogen-bond donors (Lipinski definition) is 1. The van der Waals surface area contributed by atoms with Crippen LogP contribution < -0.4 is 4.90 Å².